The van der Waals surface area contributed by atoms with E-state index in [2.05, 4.69) is 4.98 Å². The number of fused-ring (bicyclic) bond motifs is 3. The van der Waals surface area contributed by atoms with Gasteiger partial charge in [-0.15, -0.1) is 0 Å². The normalized spacial score (nSPS) is 11.2. The Hall–Kier alpha value is -3.14. The Morgan fingerprint density at radius 1 is 0.862 bits per heavy atom. The number of H-pyrrole nitrogens is 1. The third-order valence-corrected chi connectivity index (χ3v) is 5.46. The largest absolute Gasteiger partial charge is 0.359 e. The molecular weight excluding hydrogens is 403 g/mol. The second kappa shape index (κ2) is 7.03. The highest BCUT2D eigenvalue weighted by Gasteiger charge is 2.20. The molecule has 0 saturated carbocycles. The molecule has 0 aliphatic heterocycles. The molecule has 140 valence electrons. The average molecular weight is 417 g/mol. The summed E-state index contributed by atoms with van der Waals surface area (Å²) in [6.07, 6.45) is 1.75. The molecule has 0 fully saturated rings. The lowest BCUT2D eigenvalue weighted by molar-refractivity contribution is 0.104. The van der Waals surface area contributed by atoms with E-state index in [1.54, 1.807) is 12.3 Å². The van der Waals surface area contributed by atoms with Gasteiger partial charge in [0.1, 0.15) is 0 Å². The number of ketones is 1. The molecule has 3 nitrogen and oxygen atoms in total. The highest BCUT2D eigenvalue weighted by atomic mass is 35.5. The third kappa shape index (κ3) is 3.09. The van der Waals surface area contributed by atoms with Crippen molar-refractivity contribution in [2.45, 2.75) is 0 Å². The van der Waals surface area contributed by atoms with Crippen LogP contribution in [0.15, 0.2) is 79.0 Å². The van der Waals surface area contributed by atoms with Crippen molar-refractivity contribution < 1.29 is 4.79 Å². The van der Waals surface area contributed by atoms with Gasteiger partial charge in [0.2, 0.25) is 0 Å². The van der Waals surface area contributed by atoms with E-state index >= 15 is 0 Å². The first-order chi connectivity index (χ1) is 14.1. The molecule has 2 aromatic heterocycles. The van der Waals surface area contributed by atoms with Gasteiger partial charge in [0.25, 0.3) is 0 Å². The maximum Gasteiger partial charge on any atom is 0.195 e. The lowest BCUT2D eigenvalue weighted by Gasteiger charge is -2.09. The van der Waals surface area contributed by atoms with Gasteiger partial charge in [0, 0.05) is 43.7 Å². The van der Waals surface area contributed by atoms with Crippen molar-refractivity contribution in [2.24, 2.45) is 0 Å². The molecule has 0 atom stereocenters. The summed E-state index contributed by atoms with van der Waals surface area (Å²) in [6, 6.07) is 22.3. The van der Waals surface area contributed by atoms with Gasteiger partial charge in [-0.1, -0.05) is 65.7 Å². The molecule has 0 radical (unpaired) electrons. The Kier molecular flexibility index (Phi) is 4.35. The number of hydrogen-bond donors (Lipinski definition) is 1. The predicted octanol–water partition coefficient (Wildman–Crippen LogP) is 6.92. The molecule has 0 saturated heterocycles. The molecule has 0 aliphatic carbocycles. The predicted molar refractivity (Wildman–Crippen MR) is 119 cm³/mol. The number of carbonyl (C=O) groups is 1. The standard InChI is InChI=1S/C24H14Cl2N2O/c25-16-8-6-14(7-9-16)22-23-21(18-12-17(26)10-11-20(18)28-22)19(13-27-23)24(29)15-4-2-1-3-5-15/h1-13,27H. The fourth-order valence-electron chi connectivity index (χ4n) is 3.61. The molecule has 0 spiro atoms. The number of rotatable bonds is 3. The van der Waals surface area contributed by atoms with E-state index in [9.17, 15) is 4.79 Å². The van der Waals surface area contributed by atoms with Crippen molar-refractivity contribution in [1.82, 2.24) is 9.97 Å². The van der Waals surface area contributed by atoms with Crippen LogP contribution >= 0.6 is 23.2 Å². The zero-order chi connectivity index (χ0) is 20.0. The van der Waals surface area contributed by atoms with E-state index in [-0.39, 0.29) is 5.78 Å². The molecule has 0 bridgehead atoms. The van der Waals surface area contributed by atoms with Crippen LogP contribution in [0.3, 0.4) is 0 Å². The van der Waals surface area contributed by atoms with Gasteiger partial charge in [0.15, 0.2) is 5.78 Å². The summed E-state index contributed by atoms with van der Waals surface area (Å²) in [5.74, 6) is -0.0496. The lowest BCUT2D eigenvalue weighted by atomic mass is 9.98. The summed E-state index contributed by atoms with van der Waals surface area (Å²) < 4.78 is 0. The molecular formula is C24H14Cl2N2O. The minimum atomic E-state index is -0.0496. The quantitative estimate of drug-likeness (QED) is 0.324. The van der Waals surface area contributed by atoms with E-state index in [1.165, 1.54) is 0 Å². The van der Waals surface area contributed by atoms with Gasteiger partial charge in [-0.25, -0.2) is 4.98 Å². The molecule has 1 N–H and O–H groups in total. The number of hydrogen-bond acceptors (Lipinski definition) is 2. The maximum atomic E-state index is 13.3. The summed E-state index contributed by atoms with van der Waals surface area (Å²) in [5, 5.41) is 2.91. The zero-order valence-corrected chi connectivity index (χ0v) is 16.6. The topological polar surface area (TPSA) is 45.8 Å². The first-order valence-electron chi connectivity index (χ1n) is 9.08. The Labute approximate surface area is 176 Å². The van der Waals surface area contributed by atoms with E-state index in [0.29, 0.717) is 21.2 Å². The van der Waals surface area contributed by atoms with E-state index in [0.717, 1.165) is 33.1 Å². The van der Waals surface area contributed by atoms with Gasteiger partial charge in [0.05, 0.1) is 16.7 Å². The van der Waals surface area contributed by atoms with Crippen molar-refractivity contribution in [3.63, 3.8) is 0 Å². The van der Waals surface area contributed by atoms with Gasteiger partial charge in [-0.05, 0) is 30.3 Å². The number of aromatic nitrogens is 2. The van der Waals surface area contributed by atoms with Crippen LogP contribution in [0.25, 0.3) is 33.1 Å². The van der Waals surface area contributed by atoms with Crippen LogP contribution in [-0.2, 0) is 0 Å². The molecule has 5 heteroatoms. The fourth-order valence-corrected chi connectivity index (χ4v) is 3.91. The Morgan fingerprint density at radius 3 is 2.34 bits per heavy atom. The Balaban J connectivity index is 1.85. The summed E-state index contributed by atoms with van der Waals surface area (Å²) in [6.45, 7) is 0. The number of nitrogens with one attached hydrogen (secondary N) is 1. The first kappa shape index (κ1) is 17.9. The number of carbonyl (C=O) groups excluding carboxylic acids is 1. The van der Waals surface area contributed by atoms with Gasteiger partial charge >= 0.3 is 0 Å². The zero-order valence-electron chi connectivity index (χ0n) is 15.1. The third-order valence-electron chi connectivity index (χ3n) is 4.98. The average Bonchev–Trinajstić information content (AvgIpc) is 3.19. The number of aromatic amines is 1. The van der Waals surface area contributed by atoms with Crippen LogP contribution in [0, 0.1) is 0 Å². The summed E-state index contributed by atoms with van der Waals surface area (Å²) in [7, 11) is 0. The lowest BCUT2D eigenvalue weighted by Crippen LogP contribution is -2.00. The van der Waals surface area contributed by atoms with Crippen LogP contribution in [0.5, 0.6) is 0 Å². The summed E-state index contributed by atoms with van der Waals surface area (Å²) >= 11 is 12.3. The minimum absolute atomic E-state index is 0.0496. The molecule has 3 aromatic carbocycles. The monoisotopic (exact) mass is 416 g/mol. The second-order valence-corrected chi connectivity index (χ2v) is 7.65. The Morgan fingerprint density at radius 2 is 1.59 bits per heavy atom. The molecule has 5 aromatic rings. The molecule has 2 heterocycles. The van der Waals surface area contributed by atoms with Gasteiger partial charge in [-0.3, -0.25) is 4.79 Å². The number of halogens is 2. The summed E-state index contributed by atoms with van der Waals surface area (Å²) in [5.41, 5.74) is 4.47. The SMILES string of the molecule is O=C(c1ccccc1)c1c[nH]c2c(-c3ccc(Cl)cc3)nc3ccc(Cl)cc3c12. The second-order valence-electron chi connectivity index (χ2n) is 6.78. The van der Waals surface area contributed by atoms with Crippen molar-refractivity contribution >= 4 is 50.8 Å². The van der Waals surface area contributed by atoms with Gasteiger partial charge in [-0.2, -0.15) is 0 Å². The highest BCUT2D eigenvalue weighted by molar-refractivity contribution is 6.32. The van der Waals surface area contributed by atoms with Crippen LogP contribution < -0.4 is 0 Å². The van der Waals surface area contributed by atoms with Crippen LogP contribution in [0.4, 0.5) is 0 Å². The van der Waals surface area contributed by atoms with Crippen LogP contribution in [0.1, 0.15) is 15.9 Å². The molecule has 0 unspecified atom stereocenters. The van der Waals surface area contributed by atoms with Crippen molar-refractivity contribution in [1.29, 1.82) is 0 Å². The first-order valence-corrected chi connectivity index (χ1v) is 9.83. The van der Waals surface area contributed by atoms with Crippen molar-refractivity contribution in [2.75, 3.05) is 0 Å². The number of pyridine rings is 1. The number of benzene rings is 3. The molecule has 29 heavy (non-hydrogen) atoms. The van der Waals surface area contributed by atoms with Crippen LogP contribution in [0.2, 0.25) is 10.0 Å². The Bertz CT molecular complexity index is 1370. The van der Waals surface area contributed by atoms with E-state index in [1.807, 2.05) is 66.7 Å². The van der Waals surface area contributed by atoms with E-state index < -0.39 is 0 Å². The van der Waals surface area contributed by atoms with Crippen molar-refractivity contribution in [3.8, 4) is 11.3 Å². The smallest absolute Gasteiger partial charge is 0.195 e. The number of nitrogens with zero attached hydrogens (tertiary/aromatic N) is 1. The fraction of sp³-hybridized carbons (Fsp3) is 0. The van der Waals surface area contributed by atoms with Crippen molar-refractivity contribution in [3.05, 3.63) is 100 Å². The van der Waals surface area contributed by atoms with E-state index in [4.69, 9.17) is 28.2 Å². The highest BCUT2D eigenvalue weighted by Crippen LogP contribution is 2.36. The molecule has 0 aliphatic rings. The van der Waals surface area contributed by atoms with Crippen LogP contribution in [-0.4, -0.2) is 15.8 Å². The summed E-state index contributed by atoms with van der Waals surface area (Å²) in [4.78, 5) is 21.4. The molecule has 0 amide bonds. The maximum absolute atomic E-state index is 13.3. The molecule has 5 rings (SSSR count). The minimum Gasteiger partial charge on any atom is -0.359 e. The van der Waals surface area contributed by atoms with Gasteiger partial charge < -0.3 is 4.98 Å².